The normalized spacial score (nSPS) is 17.0. The Morgan fingerprint density at radius 1 is 1.03 bits per heavy atom. The highest BCUT2D eigenvalue weighted by molar-refractivity contribution is 7.89. The third kappa shape index (κ3) is 3.97. The SMILES string of the molecule is Cc1ccc(S(=O)(=O)N2CCOCC2)cc1NC(=O)CN1C(=O)c2ccccc2C1=O. The maximum Gasteiger partial charge on any atom is 0.262 e. The molecular formula is C21H21N3O6S. The number of carbonyl (C=O) groups is 3. The molecule has 2 aliphatic heterocycles. The number of hydrogen-bond donors (Lipinski definition) is 1. The molecule has 3 amide bonds. The van der Waals surface area contributed by atoms with Gasteiger partial charge in [0.15, 0.2) is 0 Å². The summed E-state index contributed by atoms with van der Waals surface area (Å²) in [7, 11) is -3.73. The number of nitrogens with zero attached hydrogens (tertiary/aromatic N) is 2. The van der Waals surface area contributed by atoms with Crippen LogP contribution in [-0.2, 0) is 19.6 Å². The molecule has 31 heavy (non-hydrogen) atoms. The smallest absolute Gasteiger partial charge is 0.262 e. The van der Waals surface area contributed by atoms with Gasteiger partial charge < -0.3 is 10.1 Å². The lowest BCUT2D eigenvalue weighted by molar-refractivity contribution is -0.116. The van der Waals surface area contributed by atoms with Gasteiger partial charge in [0.25, 0.3) is 11.8 Å². The van der Waals surface area contributed by atoms with Crippen LogP contribution in [-0.4, -0.2) is 68.2 Å². The van der Waals surface area contributed by atoms with E-state index in [0.29, 0.717) is 24.5 Å². The van der Waals surface area contributed by atoms with Gasteiger partial charge in [0.05, 0.1) is 29.2 Å². The molecule has 0 aliphatic carbocycles. The van der Waals surface area contributed by atoms with E-state index < -0.39 is 34.3 Å². The van der Waals surface area contributed by atoms with Gasteiger partial charge in [-0.3, -0.25) is 19.3 Å². The highest BCUT2D eigenvalue weighted by atomic mass is 32.2. The van der Waals surface area contributed by atoms with E-state index >= 15 is 0 Å². The lowest BCUT2D eigenvalue weighted by atomic mass is 10.1. The van der Waals surface area contributed by atoms with E-state index in [1.165, 1.54) is 28.6 Å². The van der Waals surface area contributed by atoms with E-state index in [4.69, 9.17) is 4.74 Å². The molecule has 1 saturated heterocycles. The van der Waals surface area contributed by atoms with Crippen molar-refractivity contribution in [2.75, 3.05) is 38.2 Å². The predicted molar refractivity (Wildman–Crippen MR) is 111 cm³/mol. The number of benzene rings is 2. The quantitative estimate of drug-likeness (QED) is 0.696. The molecule has 0 unspecified atom stereocenters. The predicted octanol–water partition coefficient (Wildman–Crippen LogP) is 1.25. The number of ether oxygens (including phenoxy) is 1. The Kier molecular flexibility index (Phi) is 5.61. The Morgan fingerprint density at radius 3 is 2.26 bits per heavy atom. The van der Waals surface area contributed by atoms with Crippen LogP contribution >= 0.6 is 0 Å². The molecule has 162 valence electrons. The molecule has 9 nitrogen and oxygen atoms in total. The fraction of sp³-hybridized carbons (Fsp3) is 0.286. The average Bonchev–Trinajstić information content (AvgIpc) is 3.01. The number of anilines is 1. The van der Waals surface area contributed by atoms with E-state index in [1.54, 1.807) is 25.1 Å². The van der Waals surface area contributed by atoms with Crippen molar-refractivity contribution >= 4 is 33.4 Å². The Balaban J connectivity index is 1.51. The first kappa shape index (κ1) is 21.2. The van der Waals surface area contributed by atoms with Crippen molar-refractivity contribution in [2.45, 2.75) is 11.8 Å². The van der Waals surface area contributed by atoms with Gasteiger partial charge in [0.1, 0.15) is 6.54 Å². The molecule has 10 heteroatoms. The summed E-state index contributed by atoms with van der Waals surface area (Å²) in [5.74, 6) is -1.66. The van der Waals surface area contributed by atoms with Crippen LogP contribution in [0.5, 0.6) is 0 Å². The Morgan fingerprint density at radius 2 is 1.65 bits per heavy atom. The molecule has 0 bridgehead atoms. The van der Waals surface area contributed by atoms with Crippen molar-refractivity contribution in [1.82, 2.24) is 9.21 Å². The molecule has 0 radical (unpaired) electrons. The summed E-state index contributed by atoms with van der Waals surface area (Å²) in [5.41, 5.74) is 1.47. The van der Waals surface area contributed by atoms with Crippen molar-refractivity contribution < 1.29 is 27.5 Å². The van der Waals surface area contributed by atoms with Crippen LogP contribution in [0.15, 0.2) is 47.4 Å². The van der Waals surface area contributed by atoms with Crippen LogP contribution in [0.1, 0.15) is 26.3 Å². The Bertz CT molecular complexity index is 1140. The van der Waals surface area contributed by atoms with Gasteiger partial charge in [-0.25, -0.2) is 8.42 Å². The molecule has 2 aromatic carbocycles. The number of imide groups is 1. The number of fused-ring (bicyclic) bond motifs is 1. The second-order valence-corrected chi connectivity index (χ2v) is 9.22. The van der Waals surface area contributed by atoms with Gasteiger partial charge in [-0.05, 0) is 36.8 Å². The zero-order valence-corrected chi connectivity index (χ0v) is 17.6. The molecule has 1 N–H and O–H groups in total. The number of carbonyl (C=O) groups excluding carboxylic acids is 3. The second kappa shape index (κ2) is 8.22. The van der Waals surface area contributed by atoms with E-state index in [0.717, 1.165) is 4.90 Å². The van der Waals surface area contributed by atoms with Crippen LogP contribution in [0.2, 0.25) is 0 Å². The first-order valence-corrected chi connectivity index (χ1v) is 11.2. The Hall–Kier alpha value is -3.08. The molecule has 2 aromatic rings. The van der Waals surface area contributed by atoms with Gasteiger partial charge >= 0.3 is 0 Å². The van der Waals surface area contributed by atoms with Gasteiger partial charge in [0.2, 0.25) is 15.9 Å². The number of nitrogens with one attached hydrogen (secondary N) is 1. The summed E-state index contributed by atoms with van der Waals surface area (Å²) < 4.78 is 32.3. The maximum absolute atomic E-state index is 12.9. The summed E-state index contributed by atoms with van der Waals surface area (Å²) in [6.45, 7) is 2.44. The standard InChI is InChI=1S/C21H21N3O6S/c1-14-6-7-15(31(28,29)23-8-10-30-11-9-23)12-18(14)22-19(25)13-24-20(26)16-4-2-3-5-17(16)21(24)27/h2-7,12H,8-11,13H2,1H3,(H,22,25). The highest BCUT2D eigenvalue weighted by Crippen LogP contribution is 2.25. The first-order chi connectivity index (χ1) is 14.8. The van der Waals surface area contributed by atoms with E-state index in [1.807, 2.05) is 0 Å². The minimum Gasteiger partial charge on any atom is -0.379 e. The lowest BCUT2D eigenvalue weighted by Crippen LogP contribution is -2.40. The van der Waals surface area contributed by atoms with Gasteiger partial charge in [-0.1, -0.05) is 18.2 Å². The summed E-state index contributed by atoms with van der Waals surface area (Å²) in [4.78, 5) is 38.4. The van der Waals surface area contributed by atoms with Gasteiger partial charge in [0, 0.05) is 18.8 Å². The van der Waals surface area contributed by atoms with Crippen LogP contribution in [0.25, 0.3) is 0 Å². The molecule has 0 spiro atoms. The highest BCUT2D eigenvalue weighted by Gasteiger charge is 2.36. The van der Waals surface area contributed by atoms with E-state index in [9.17, 15) is 22.8 Å². The molecule has 0 aromatic heterocycles. The van der Waals surface area contributed by atoms with Crippen molar-refractivity contribution in [3.05, 3.63) is 59.2 Å². The number of hydrogen-bond acceptors (Lipinski definition) is 6. The van der Waals surface area contributed by atoms with Gasteiger partial charge in [-0.2, -0.15) is 4.31 Å². The summed E-state index contributed by atoms with van der Waals surface area (Å²) in [6.07, 6.45) is 0. The van der Waals surface area contributed by atoms with Crippen molar-refractivity contribution in [3.63, 3.8) is 0 Å². The molecule has 2 heterocycles. The molecule has 2 aliphatic rings. The van der Waals surface area contributed by atoms with Crippen molar-refractivity contribution in [3.8, 4) is 0 Å². The van der Waals surface area contributed by atoms with Crippen LogP contribution in [0, 0.1) is 6.92 Å². The zero-order valence-electron chi connectivity index (χ0n) is 16.8. The topological polar surface area (TPSA) is 113 Å². The Labute approximate surface area is 179 Å². The van der Waals surface area contributed by atoms with Crippen LogP contribution in [0.4, 0.5) is 5.69 Å². The molecule has 0 saturated carbocycles. The van der Waals surface area contributed by atoms with Crippen molar-refractivity contribution in [1.29, 1.82) is 0 Å². The van der Waals surface area contributed by atoms with Crippen molar-refractivity contribution in [2.24, 2.45) is 0 Å². The number of sulfonamides is 1. The average molecular weight is 443 g/mol. The first-order valence-electron chi connectivity index (χ1n) is 9.72. The molecule has 1 fully saturated rings. The number of rotatable bonds is 5. The third-order valence-corrected chi connectivity index (χ3v) is 7.17. The third-order valence-electron chi connectivity index (χ3n) is 5.27. The number of morpholine rings is 1. The van der Waals surface area contributed by atoms with E-state index in [-0.39, 0.29) is 29.1 Å². The summed E-state index contributed by atoms with van der Waals surface area (Å²) in [5, 5.41) is 2.63. The summed E-state index contributed by atoms with van der Waals surface area (Å²) in [6, 6.07) is 10.9. The monoisotopic (exact) mass is 443 g/mol. The fourth-order valence-electron chi connectivity index (χ4n) is 3.55. The fourth-order valence-corrected chi connectivity index (χ4v) is 4.98. The van der Waals surface area contributed by atoms with Crippen LogP contribution < -0.4 is 5.32 Å². The largest absolute Gasteiger partial charge is 0.379 e. The summed E-state index contributed by atoms with van der Waals surface area (Å²) >= 11 is 0. The molecular weight excluding hydrogens is 422 g/mol. The minimum absolute atomic E-state index is 0.0519. The zero-order chi connectivity index (χ0) is 22.2. The maximum atomic E-state index is 12.9. The lowest BCUT2D eigenvalue weighted by Gasteiger charge is -2.26. The van der Waals surface area contributed by atoms with Crippen LogP contribution in [0.3, 0.4) is 0 Å². The number of aryl methyl sites for hydroxylation is 1. The molecule has 0 atom stereocenters. The van der Waals surface area contributed by atoms with E-state index in [2.05, 4.69) is 5.32 Å². The second-order valence-electron chi connectivity index (χ2n) is 7.28. The molecule has 4 rings (SSSR count). The number of amides is 3. The minimum atomic E-state index is -3.73. The van der Waals surface area contributed by atoms with Gasteiger partial charge in [-0.15, -0.1) is 0 Å².